The smallest absolute Gasteiger partial charge is 0.299 e. The summed E-state index contributed by atoms with van der Waals surface area (Å²) in [5.74, 6) is -0.947. The van der Waals surface area contributed by atoms with Crippen LogP contribution in [-0.2, 0) is 16.1 Å². The number of hydrogen-bond acceptors (Lipinski definition) is 6. The molecule has 0 aliphatic carbocycles. The van der Waals surface area contributed by atoms with E-state index < -0.39 is 5.56 Å². The second-order valence-corrected chi connectivity index (χ2v) is 7.05. The van der Waals surface area contributed by atoms with Crippen molar-refractivity contribution in [1.82, 2.24) is 24.5 Å². The minimum absolute atomic E-state index is 0.0474. The second kappa shape index (κ2) is 7.64. The van der Waals surface area contributed by atoms with E-state index in [1.54, 1.807) is 32.0 Å². The Hall–Kier alpha value is -3.66. The zero-order chi connectivity index (χ0) is 21.4. The van der Waals surface area contributed by atoms with Crippen molar-refractivity contribution >= 4 is 22.6 Å². The van der Waals surface area contributed by atoms with Gasteiger partial charge in [0.1, 0.15) is 11.3 Å². The number of nitrogens with one attached hydrogen (secondary N) is 1. The molecule has 10 heteroatoms. The molecule has 30 heavy (non-hydrogen) atoms. The molecule has 4 aromatic rings. The number of methoxy groups -OCH3 is 1. The molecule has 154 valence electrons. The Bertz CT molecular complexity index is 1310. The van der Waals surface area contributed by atoms with Gasteiger partial charge < -0.3 is 4.74 Å². The highest BCUT2D eigenvalue weighted by atomic mass is 19.1. The van der Waals surface area contributed by atoms with Gasteiger partial charge in [0.25, 0.3) is 5.56 Å². The monoisotopic (exact) mass is 410 g/mol. The van der Waals surface area contributed by atoms with E-state index in [4.69, 9.17) is 4.74 Å². The van der Waals surface area contributed by atoms with Gasteiger partial charge in [-0.25, -0.2) is 13.6 Å². The summed E-state index contributed by atoms with van der Waals surface area (Å²) in [4.78, 5) is 24.7. The van der Waals surface area contributed by atoms with Crippen molar-refractivity contribution in [3.8, 4) is 11.1 Å². The quantitative estimate of drug-likeness (QED) is 0.541. The van der Waals surface area contributed by atoms with Crippen LogP contribution in [-0.4, -0.2) is 37.5 Å². The van der Waals surface area contributed by atoms with Gasteiger partial charge in [-0.3, -0.25) is 15.0 Å². The summed E-state index contributed by atoms with van der Waals surface area (Å²) in [6, 6.07) is 7.56. The minimum atomic E-state index is -0.525. The summed E-state index contributed by atoms with van der Waals surface area (Å²) < 4.78 is 21.2. The number of carbonyl (C=O) groups excluding carboxylic acids is 1. The van der Waals surface area contributed by atoms with Gasteiger partial charge in [0.05, 0.1) is 17.9 Å². The third-order valence-electron chi connectivity index (χ3n) is 4.62. The van der Waals surface area contributed by atoms with E-state index in [-0.39, 0.29) is 29.8 Å². The number of aromatic nitrogens is 5. The molecule has 0 unspecified atom stereocenters. The number of pyridine rings is 1. The molecule has 0 aliphatic heterocycles. The van der Waals surface area contributed by atoms with E-state index in [1.165, 1.54) is 30.0 Å². The number of nitrogens with zero attached hydrogens (tertiary/aromatic N) is 5. The molecule has 1 aromatic carbocycles. The van der Waals surface area contributed by atoms with Gasteiger partial charge in [-0.2, -0.15) is 5.10 Å². The maximum atomic E-state index is 13.4. The molecule has 1 amide bonds. The lowest BCUT2D eigenvalue weighted by Gasteiger charge is -2.10. The molecule has 4 rings (SSSR count). The van der Waals surface area contributed by atoms with Crippen LogP contribution in [0.15, 0.2) is 41.3 Å². The molecule has 0 fully saturated rings. The number of fused-ring (bicyclic) bond motifs is 3. The summed E-state index contributed by atoms with van der Waals surface area (Å²) in [5, 5.41) is 12.8. The summed E-state index contributed by atoms with van der Waals surface area (Å²) in [6.07, 6.45) is 1.45. The first-order chi connectivity index (χ1) is 14.4. The van der Waals surface area contributed by atoms with Gasteiger partial charge in [0.15, 0.2) is 11.2 Å². The van der Waals surface area contributed by atoms with E-state index in [1.807, 2.05) is 0 Å². The molecule has 0 saturated carbocycles. The number of amides is 1. The van der Waals surface area contributed by atoms with E-state index in [0.29, 0.717) is 28.0 Å². The first kappa shape index (κ1) is 19.6. The third kappa shape index (κ3) is 3.30. The first-order valence-corrected chi connectivity index (χ1v) is 9.26. The summed E-state index contributed by atoms with van der Waals surface area (Å²) in [6.45, 7) is 3.64. The van der Waals surface area contributed by atoms with Crippen LogP contribution in [0.5, 0.6) is 0 Å². The lowest BCUT2D eigenvalue weighted by molar-refractivity contribution is -0.119. The number of rotatable bonds is 5. The molecule has 0 radical (unpaired) electrons. The van der Waals surface area contributed by atoms with Crippen LogP contribution >= 0.6 is 0 Å². The fourth-order valence-corrected chi connectivity index (χ4v) is 3.08. The summed E-state index contributed by atoms with van der Waals surface area (Å²) >= 11 is 0. The van der Waals surface area contributed by atoms with Crippen molar-refractivity contribution in [3.63, 3.8) is 0 Å². The Morgan fingerprint density at radius 2 is 1.93 bits per heavy atom. The van der Waals surface area contributed by atoms with Gasteiger partial charge in [0.2, 0.25) is 5.91 Å². The molecular formula is C20H19FN6O3. The van der Waals surface area contributed by atoms with Crippen LogP contribution < -0.4 is 11.0 Å². The van der Waals surface area contributed by atoms with Gasteiger partial charge in [-0.1, -0.05) is 26.0 Å². The van der Waals surface area contributed by atoms with Crippen molar-refractivity contribution in [3.05, 3.63) is 58.4 Å². The van der Waals surface area contributed by atoms with Crippen LogP contribution in [0.3, 0.4) is 0 Å². The topological polar surface area (TPSA) is 103 Å². The van der Waals surface area contributed by atoms with Crippen LogP contribution in [0, 0.1) is 11.7 Å². The summed E-state index contributed by atoms with van der Waals surface area (Å²) in [7, 11) is 1.54. The van der Waals surface area contributed by atoms with E-state index in [0.717, 1.165) is 4.68 Å². The third-order valence-corrected chi connectivity index (χ3v) is 4.62. The predicted molar refractivity (Wildman–Crippen MR) is 108 cm³/mol. The normalized spacial score (nSPS) is 11.5. The van der Waals surface area contributed by atoms with Crippen molar-refractivity contribution in [2.24, 2.45) is 5.92 Å². The molecule has 0 saturated heterocycles. The number of halogens is 1. The maximum absolute atomic E-state index is 13.4. The molecule has 0 aliphatic rings. The van der Waals surface area contributed by atoms with Crippen LogP contribution in [0.25, 0.3) is 27.8 Å². The molecule has 0 bridgehead atoms. The zero-order valence-electron chi connectivity index (χ0n) is 16.6. The molecular weight excluding hydrogens is 391 g/mol. The second-order valence-electron chi connectivity index (χ2n) is 7.05. The molecule has 1 N–H and O–H groups in total. The Kier molecular flexibility index (Phi) is 5.00. The number of hydrogen-bond donors (Lipinski definition) is 1. The van der Waals surface area contributed by atoms with Gasteiger partial charge in [-0.15, -0.1) is 10.2 Å². The number of benzene rings is 1. The van der Waals surface area contributed by atoms with Crippen molar-refractivity contribution < 1.29 is 13.9 Å². The lowest BCUT2D eigenvalue weighted by Crippen LogP contribution is -2.35. The van der Waals surface area contributed by atoms with Crippen molar-refractivity contribution in [1.29, 1.82) is 0 Å². The first-order valence-electron chi connectivity index (χ1n) is 9.26. The molecule has 0 atom stereocenters. The Morgan fingerprint density at radius 1 is 1.20 bits per heavy atom. The molecule has 9 nitrogen and oxygen atoms in total. The van der Waals surface area contributed by atoms with E-state index in [9.17, 15) is 14.0 Å². The van der Waals surface area contributed by atoms with Crippen LogP contribution in [0.2, 0.25) is 0 Å². The average Bonchev–Trinajstić information content (AvgIpc) is 3.09. The van der Waals surface area contributed by atoms with Crippen molar-refractivity contribution in [2.45, 2.75) is 20.5 Å². The molecule has 3 heterocycles. The molecule has 3 aromatic heterocycles. The fraction of sp³-hybridized carbons (Fsp3) is 0.250. The standard InChI is InChI=1S/C20H19FN6O3/c1-11(2)19(28)25-26-9-8-15-17(20(26)29)22-23-18-16(12-4-6-13(21)7-5-12)14(10-30-3)24-27(15)18/h4-9,11H,10H2,1-3H3,(H,25,28). The van der Waals surface area contributed by atoms with E-state index >= 15 is 0 Å². The average molecular weight is 410 g/mol. The Labute approximate surface area is 170 Å². The van der Waals surface area contributed by atoms with Gasteiger partial charge in [0, 0.05) is 19.2 Å². The SMILES string of the molecule is COCc1nn2c(nnc3c(=O)n(NC(=O)C(C)C)ccc32)c1-c1ccc(F)cc1. The zero-order valence-corrected chi connectivity index (χ0v) is 16.6. The predicted octanol–water partition coefficient (Wildman–Crippen LogP) is 2.12. The minimum Gasteiger partial charge on any atom is -0.378 e. The van der Waals surface area contributed by atoms with Crippen LogP contribution in [0.4, 0.5) is 4.39 Å². The van der Waals surface area contributed by atoms with E-state index in [2.05, 4.69) is 20.7 Å². The number of ether oxygens (including phenoxy) is 1. The van der Waals surface area contributed by atoms with Crippen molar-refractivity contribution in [2.75, 3.05) is 12.5 Å². The highest BCUT2D eigenvalue weighted by Gasteiger charge is 2.20. The highest BCUT2D eigenvalue weighted by molar-refractivity contribution is 5.87. The highest BCUT2D eigenvalue weighted by Crippen LogP contribution is 2.29. The lowest BCUT2D eigenvalue weighted by atomic mass is 10.1. The Balaban J connectivity index is 1.93. The summed E-state index contributed by atoms with van der Waals surface area (Å²) in [5.41, 5.74) is 4.79. The Morgan fingerprint density at radius 3 is 2.60 bits per heavy atom. The maximum Gasteiger partial charge on any atom is 0.299 e. The van der Waals surface area contributed by atoms with Gasteiger partial charge >= 0.3 is 0 Å². The fourth-order valence-electron chi connectivity index (χ4n) is 3.08. The largest absolute Gasteiger partial charge is 0.378 e. The van der Waals surface area contributed by atoms with Gasteiger partial charge in [-0.05, 0) is 23.8 Å². The van der Waals surface area contributed by atoms with Crippen LogP contribution in [0.1, 0.15) is 19.5 Å². The number of carbonyl (C=O) groups is 1. The molecule has 0 spiro atoms.